The van der Waals surface area contributed by atoms with Gasteiger partial charge in [-0.2, -0.15) is 0 Å². The molecule has 0 radical (unpaired) electrons. The minimum Gasteiger partial charge on any atom is -0.443 e. The summed E-state index contributed by atoms with van der Waals surface area (Å²) in [5, 5.41) is 16.8. The molecule has 1 unspecified atom stereocenters. The molecule has 7 heteroatoms. The molecular formula is C21H32N2O5. The SMILES string of the molecule is CC(C)CNC[C@@H](O)[C@H](Cc1ccccc1)NC(=O)O[C@H]1COC2OCC[C@H]21. The van der Waals surface area contributed by atoms with Gasteiger partial charge in [-0.25, -0.2) is 4.79 Å². The van der Waals surface area contributed by atoms with Crippen molar-refractivity contribution in [2.24, 2.45) is 11.8 Å². The number of alkyl carbamates (subject to hydrolysis) is 1. The van der Waals surface area contributed by atoms with Gasteiger partial charge in [-0.15, -0.1) is 0 Å². The number of carbonyl (C=O) groups is 1. The predicted molar refractivity (Wildman–Crippen MR) is 105 cm³/mol. The van der Waals surface area contributed by atoms with Crippen LogP contribution in [0.2, 0.25) is 0 Å². The maximum Gasteiger partial charge on any atom is 0.407 e. The van der Waals surface area contributed by atoms with Crippen molar-refractivity contribution >= 4 is 6.09 Å². The molecule has 28 heavy (non-hydrogen) atoms. The average Bonchev–Trinajstić information content (AvgIpc) is 3.27. The first-order chi connectivity index (χ1) is 13.5. The van der Waals surface area contributed by atoms with Crippen molar-refractivity contribution in [3.8, 4) is 0 Å². The molecule has 2 aliphatic rings. The van der Waals surface area contributed by atoms with Crippen molar-refractivity contribution in [2.45, 2.75) is 51.2 Å². The first-order valence-corrected chi connectivity index (χ1v) is 10.2. The number of hydrogen-bond donors (Lipinski definition) is 3. The zero-order valence-electron chi connectivity index (χ0n) is 16.7. The van der Waals surface area contributed by atoms with E-state index in [9.17, 15) is 9.90 Å². The molecule has 0 aliphatic carbocycles. The third kappa shape index (κ3) is 5.91. The fraction of sp³-hybridized carbons (Fsp3) is 0.667. The second-order valence-electron chi connectivity index (χ2n) is 8.03. The van der Waals surface area contributed by atoms with Crippen LogP contribution in [0.1, 0.15) is 25.8 Å². The fourth-order valence-electron chi connectivity index (χ4n) is 3.68. The Hall–Kier alpha value is -1.67. The van der Waals surface area contributed by atoms with E-state index in [2.05, 4.69) is 24.5 Å². The molecule has 1 aromatic rings. The van der Waals surface area contributed by atoms with E-state index in [0.717, 1.165) is 18.5 Å². The van der Waals surface area contributed by atoms with Gasteiger partial charge in [0.2, 0.25) is 0 Å². The van der Waals surface area contributed by atoms with Crippen molar-refractivity contribution in [1.82, 2.24) is 10.6 Å². The summed E-state index contributed by atoms with van der Waals surface area (Å²) in [7, 11) is 0. The lowest BCUT2D eigenvalue weighted by molar-refractivity contribution is -0.0907. The Labute approximate surface area is 166 Å². The zero-order chi connectivity index (χ0) is 19.9. The third-order valence-corrected chi connectivity index (χ3v) is 5.22. The minimum atomic E-state index is -0.728. The molecule has 2 heterocycles. The van der Waals surface area contributed by atoms with Gasteiger partial charge in [0, 0.05) is 6.54 Å². The van der Waals surface area contributed by atoms with E-state index < -0.39 is 18.2 Å². The van der Waals surface area contributed by atoms with Gasteiger partial charge in [-0.05, 0) is 30.9 Å². The Balaban J connectivity index is 1.56. The molecule has 1 aromatic carbocycles. The second-order valence-corrected chi connectivity index (χ2v) is 8.03. The fourth-order valence-corrected chi connectivity index (χ4v) is 3.68. The summed E-state index contributed by atoms with van der Waals surface area (Å²) < 4.78 is 16.6. The molecule has 0 spiro atoms. The van der Waals surface area contributed by atoms with Crippen LogP contribution in [0.4, 0.5) is 4.79 Å². The number of carbonyl (C=O) groups excluding carboxylic acids is 1. The number of benzene rings is 1. The quantitative estimate of drug-likeness (QED) is 0.593. The van der Waals surface area contributed by atoms with Crippen LogP contribution in [-0.4, -0.2) is 62.0 Å². The normalized spacial score (nSPS) is 26.1. The summed E-state index contributed by atoms with van der Waals surface area (Å²) in [5.41, 5.74) is 1.05. The number of aliphatic hydroxyl groups is 1. The highest BCUT2D eigenvalue weighted by Crippen LogP contribution is 2.32. The maximum absolute atomic E-state index is 12.5. The minimum absolute atomic E-state index is 0.0935. The number of rotatable bonds is 9. The average molecular weight is 392 g/mol. The van der Waals surface area contributed by atoms with Crippen molar-refractivity contribution in [1.29, 1.82) is 0 Å². The van der Waals surface area contributed by atoms with E-state index >= 15 is 0 Å². The number of amides is 1. The molecule has 5 atom stereocenters. The van der Waals surface area contributed by atoms with E-state index in [1.165, 1.54) is 0 Å². The van der Waals surface area contributed by atoms with Crippen LogP contribution < -0.4 is 10.6 Å². The second kappa shape index (κ2) is 10.2. The monoisotopic (exact) mass is 392 g/mol. The number of nitrogens with one attached hydrogen (secondary N) is 2. The summed E-state index contributed by atoms with van der Waals surface area (Å²) in [5.74, 6) is 0.581. The lowest BCUT2D eigenvalue weighted by atomic mass is 10.0. The summed E-state index contributed by atoms with van der Waals surface area (Å²) in [6, 6.07) is 9.36. The van der Waals surface area contributed by atoms with Gasteiger partial charge in [0.25, 0.3) is 0 Å². The Kier molecular flexibility index (Phi) is 7.67. The van der Waals surface area contributed by atoms with E-state index in [4.69, 9.17) is 14.2 Å². The van der Waals surface area contributed by atoms with Crippen molar-refractivity contribution in [3.63, 3.8) is 0 Å². The number of fused-ring (bicyclic) bond motifs is 1. The molecule has 0 saturated carbocycles. The number of hydrogen-bond acceptors (Lipinski definition) is 6. The molecule has 156 valence electrons. The number of ether oxygens (including phenoxy) is 3. The standard InChI is InChI=1S/C21H32N2O5/c1-14(2)11-22-12-18(24)17(10-15-6-4-3-5-7-15)23-21(25)28-19-13-27-20-16(19)8-9-26-20/h3-7,14,16-20,22,24H,8-13H2,1-2H3,(H,23,25)/t16-,17-,18+,19-,20?/m0/s1. The Bertz CT molecular complexity index is 612. The largest absolute Gasteiger partial charge is 0.443 e. The molecular weight excluding hydrogens is 360 g/mol. The summed E-state index contributed by atoms with van der Waals surface area (Å²) >= 11 is 0. The molecule has 3 N–H and O–H groups in total. The van der Waals surface area contributed by atoms with Gasteiger partial charge >= 0.3 is 6.09 Å². The first-order valence-electron chi connectivity index (χ1n) is 10.2. The van der Waals surface area contributed by atoms with Gasteiger partial charge in [-0.1, -0.05) is 44.2 Å². The van der Waals surface area contributed by atoms with Gasteiger partial charge in [-0.3, -0.25) is 0 Å². The maximum atomic E-state index is 12.5. The lowest BCUT2D eigenvalue weighted by Crippen LogP contribution is -2.50. The van der Waals surface area contributed by atoms with Gasteiger partial charge in [0.05, 0.1) is 31.3 Å². The van der Waals surface area contributed by atoms with Crippen LogP contribution in [0.25, 0.3) is 0 Å². The molecule has 0 aromatic heterocycles. The van der Waals surface area contributed by atoms with Crippen molar-refractivity contribution in [2.75, 3.05) is 26.3 Å². The third-order valence-electron chi connectivity index (χ3n) is 5.22. The van der Waals surface area contributed by atoms with Gasteiger partial charge in [0.1, 0.15) is 6.10 Å². The Morgan fingerprint density at radius 1 is 1.25 bits per heavy atom. The molecule has 2 saturated heterocycles. The van der Waals surface area contributed by atoms with Crippen LogP contribution in [-0.2, 0) is 20.6 Å². The Morgan fingerprint density at radius 2 is 2.04 bits per heavy atom. The van der Waals surface area contributed by atoms with Crippen LogP contribution in [0, 0.1) is 11.8 Å². The van der Waals surface area contributed by atoms with Crippen LogP contribution >= 0.6 is 0 Å². The predicted octanol–water partition coefficient (Wildman–Crippen LogP) is 1.69. The molecule has 2 fully saturated rings. The summed E-state index contributed by atoms with van der Waals surface area (Å²) in [6.07, 6.45) is -0.460. The Morgan fingerprint density at radius 3 is 2.79 bits per heavy atom. The molecule has 1 amide bonds. The first kappa shape index (κ1) is 21.0. The molecule has 0 bridgehead atoms. The molecule has 7 nitrogen and oxygen atoms in total. The van der Waals surface area contributed by atoms with E-state index in [1.807, 2.05) is 30.3 Å². The number of aliphatic hydroxyl groups excluding tert-OH is 1. The van der Waals surface area contributed by atoms with E-state index in [0.29, 0.717) is 32.1 Å². The zero-order valence-corrected chi connectivity index (χ0v) is 16.7. The van der Waals surface area contributed by atoms with Crippen LogP contribution in [0.15, 0.2) is 30.3 Å². The van der Waals surface area contributed by atoms with Gasteiger partial charge in [0.15, 0.2) is 6.29 Å². The van der Waals surface area contributed by atoms with Gasteiger partial charge < -0.3 is 30.0 Å². The lowest BCUT2D eigenvalue weighted by Gasteiger charge is -2.26. The topological polar surface area (TPSA) is 89.1 Å². The smallest absolute Gasteiger partial charge is 0.407 e. The molecule has 3 rings (SSSR count). The van der Waals surface area contributed by atoms with Crippen molar-refractivity contribution < 1.29 is 24.1 Å². The summed E-state index contributed by atoms with van der Waals surface area (Å²) in [4.78, 5) is 12.5. The summed E-state index contributed by atoms with van der Waals surface area (Å²) in [6.45, 7) is 6.42. The van der Waals surface area contributed by atoms with Crippen LogP contribution in [0.3, 0.4) is 0 Å². The molecule has 2 aliphatic heterocycles. The van der Waals surface area contributed by atoms with E-state index in [-0.39, 0.29) is 18.3 Å². The van der Waals surface area contributed by atoms with Crippen LogP contribution in [0.5, 0.6) is 0 Å². The van der Waals surface area contributed by atoms with E-state index in [1.54, 1.807) is 0 Å². The van der Waals surface area contributed by atoms with Crippen molar-refractivity contribution in [3.05, 3.63) is 35.9 Å². The highest BCUT2D eigenvalue weighted by molar-refractivity contribution is 5.68. The highest BCUT2D eigenvalue weighted by atomic mass is 16.7. The highest BCUT2D eigenvalue weighted by Gasteiger charge is 2.44.